The second-order valence-electron chi connectivity index (χ2n) is 11.8. The van der Waals surface area contributed by atoms with Gasteiger partial charge in [0.1, 0.15) is 0 Å². The normalized spacial score (nSPS) is 13.9. The van der Waals surface area contributed by atoms with Gasteiger partial charge in [-0.25, -0.2) is 0 Å². The predicted molar refractivity (Wildman–Crippen MR) is 195 cm³/mol. The molecular weight excluding hydrogens is 540 g/mol. The van der Waals surface area contributed by atoms with E-state index in [1.807, 2.05) is 12.2 Å². The lowest BCUT2D eigenvalue weighted by atomic mass is 9.80. The molecule has 45 heavy (non-hydrogen) atoms. The van der Waals surface area contributed by atoms with Gasteiger partial charge in [-0.05, 0) is 107 Å². The molecule has 1 aliphatic carbocycles. The maximum absolute atomic E-state index is 3.88. The Kier molecular flexibility index (Phi) is 6.81. The quantitative estimate of drug-likeness (QED) is 0.180. The van der Waals surface area contributed by atoms with E-state index in [0.29, 0.717) is 0 Å². The first-order chi connectivity index (χ1) is 22.3. The SMILES string of the molecule is C=C/C=C\C=C1/Cc2cc(-c3ccc(-c4cccc5ccccc45)cc3)c3ccccc3c2C=C1c1ccc2ccccc2c1. The highest BCUT2D eigenvalue weighted by atomic mass is 14.2. The first-order valence-corrected chi connectivity index (χ1v) is 15.6. The van der Waals surface area contributed by atoms with Gasteiger partial charge in [0.05, 0.1) is 0 Å². The van der Waals surface area contributed by atoms with Crippen molar-refractivity contribution in [3.8, 4) is 22.3 Å². The highest BCUT2D eigenvalue weighted by Crippen LogP contribution is 2.42. The van der Waals surface area contributed by atoms with Crippen molar-refractivity contribution in [3.63, 3.8) is 0 Å². The van der Waals surface area contributed by atoms with Crippen molar-refractivity contribution in [1.29, 1.82) is 0 Å². The Morgan fingerprint density at radius 1 is 0.489 bits per heavy atom. The summed E-state index contributed by atoms with van der Waals surface area (Å²) in [5.41, 5.74) is 11.5. The minimum absolute atomic E-state index is 0.862. The fraction of sp³-hybridized carbons (Fsp3) is 0.0222. The number of allylic oxidation sites excluding steroid dienone is 6. The molecular formula is C45H32. The molecule has 0 radical (unpaired) electrons. The second kappa shape index (κ2) is 11.4. The molecule has 0 aliphatic heterocycles. The van der Waals surface area contributed by atoms with Crippen molar-refractivity contribution >= 4 is 44.0 Å². The van der Waals surface area contributed by atoms with Crippen molar-refractivity contribution < 1.29 is 0 Å². The number of rotatable bonds is 5. The van der Waals surface area contributed by atoms with Gasteiger partial charge in [0.15, 0.2) is 0 Å². The van der Waals surface area contributed by atoms with Crippen molar-refractivity contribution in [2.75, 3.05) is 0 Å². The van der Waals surface area contributed by atoms with Crippen LogP contribution in [0.4, 0.5) is 0 Å². The van der Waals surface area contributed by atoms with Gasteiger partial charge in [0.25, 0.3) is 0 Å². The lowest BCUT2D eigenvalue weighted by Crippen LogP contribution is -2.05. The summed E-state index contributed by atoms with van der Waals surface area (Å²) in [4.78, 5) is 0. The third-order valence-corrected chi connectivity index (χ3v) is 9.09. The van der Waals surface area contributed by atoms with Gasteiger partial charge in [0.2, 0.25) is 0 Å². The molecule has 0 aromatic heterocycles. The molecule has 212 valence electrons. The van der Waals surface area contributed by atoms with Gasteiger partial charge in [-0.2, -0.15) is 0 Å². The maximum atomic E-state index is 3.88. The van der Waals surface area contributed by atoms with Crippen LogP contribution in [0.2, 0.25) is 0 Å². The molecule has 7 aromatic carbocycles. The lowest BCUT2D eigenvalue weighted by molar-refractivity contribution is 1.19. The average molecular weight is 573 g/mol. The molecule has 0 bridgehead atoms. The molecule has 0 N–H and O–H groups in total. The summed E-state index contributed by atoms with van der Waals surface area (Å²) in [5, 5.41) is 7.64. The van der Waals surface area contributed by atoms with Crippen LogP contribution in [0.1, 0.15) is 16.7 Å². The Morgan fingerprint density at radius 3 is 1.93 bits per heavy atom. The first kappa shape index (κ1) is 26.9. The van der Waals surface area contributed by atoms with E-state index in [2.05, 4.69) is 164 Å². The summed E-state index contributed by atoms with van der Waals surface area (Å²) in [6.45, 7) is 3.88. The summed E-state index contributed by atoms with van der Waals surface area (Å²) >= 11 is 0. The van der Waals surface area contributed by atoms with Crippen LogP contribution >= 0.6 is 0 Å². The zero-order valence-corrected chi connectivity index (χ0v) is 25.1. The summed E-state index contributed by atoms with van der Waals surface area (Å²) in [5.74, 6) is 0. The molecule has 7 aromatic rings. The monoisotopic (exact) mass is 572 g/mol. The molecule has 1 aliphatic rings. The van der Waals surface area contributed by atoms with E-state index >= 15 is 0 Å². The van der Waals surface area contributed by atoms with Crippen LogP contribution in [0.5, 0.6) is 0 Å². The van der Waals surface area contributed by atoms with Crippen molar-refractivity contribution in [3.05, 3.63) is 193 Å². The molecule has 0 saturated carbocycles. The van der Waals surface area contributed by atoms with Crippen LogP contribution in [0.25, 0.3) is 66.2 Å². The molecule has 0 heterocycles. The van der Waals surface area contributed by atoms with Gasteiger partial charge < -0.3 is 0 Å². The van der Waals surface area contributed by atoms with E-state index in [0.717, 1.165) is 6.42 Å². The maximum Gasteiger partial charge on any atom is -0.00132 e. The molecule has 0 unspecified atom stereocenters. The summed E-state index contributed by atoms with van der Waals surface area (Å²) in [6, 6.07) is 51.0. The Labute approximate surface area is 264 Å². The van der Waals surface area contributed by atoms with Gasteiger partial charge >= 0.3 is 0 Å². The fourth-order valence-electron chi connectivity index (χ4n) is 6.88. The fourth-order valence-corrected chi connectivity index (χ4v) is 6.88. The van der Waals surface area contributed by atoms with Crippen LogP contribution in [0, 0.1) is 0 Å². The van der Waals surface area contributed by atoms with Crippen LogP contribution in [0.3, 0.4) is 0 Å². The van der Waals surface area contributed by atoms with E-state index in [-0.39, 0.29) is 0 Å². The van der Waals surface area contributed by atoms with E-state index in [1.54, 1.807) is 0 Å². The highest BCUT2D eigenvalue weighted by Gasteiger charge is 2.21. The Bertz CT molecular complexity index is 2340. The smallest absolute Gasteiger partial charge is 0.00132 e. The summed E-state index contributed by atoms with van der Waals surface area (Å²) in [6.07, 6.45) is 11.5. The van der Waals surface area contributed by atoms with Crippen molar-refractivity contribution in [2.45, 2.75) is 6.42 Å². The molecule has 0 spiro atoms. The van der Waals surface area contributed by atoms with Gasteiger partial charge in [0, 0.05) is 0 Å². The van der Waals surface area contributed by atoms with E-state index in [9.17, 15) is 0 Å². The number of fused-ring (bicyclic) bond motifs is 5. The molecule has 0 amide bonds. The average Bonchev–Trinajstić information content (AvgIpc) is 3.11. The summed E-state index contributed by atoms with van der Waals surface area (Å²) < 4.78 is 0. The lowest BCUT2D eigenvalue weighted by Gasteiger charge is -2.24. The standard InChI is InChI=1S/C45H32/c1-2-3-4-15-36-28-38-29-44(34-24-22-33(23-25-34)40-20-11-16-32-13-7-8-17-39(32)40)41-18-9-10-19-42(41)45(38)30-43(36)37-26-21-31-12-5-6-14-35(31)27-37/h2-27,29-30H,1,28H2/b4-3-,36-15+. The zero-order valence-electron chi connectivity index (χ0n) is 25.1. The van der Waals surface area contributed by atoms with E-state index < -0.39 is 0 Å². The van der Waals surface area contributed by atoms with Crippen LogP contribution in [0.15, 0.2) is 176 Å². The van der Waals surface area contributed by atoms with Gasteiger partial charge in [-0.1, -0.05) is 158 Å². The third kappa shape index (κ3) is 4.91. The molecule has 0 fully saturated rings. The van der Waals surface area contributed by atoms with Crippen molar-refractivity contribution in [2.24, 2.45) is 0 Å². The zero-order chi connectivity index (χ0) is 30.2. The molecule has 0 nitrogen and oxygen atoms in total. The Hall–Kier alpha value is -5.72. The number of hydrogen-bond acceptors (Lipinski definition) is 0. The van der Waals surface area contributed by atoms with Crippen LogP contribution in [-0.4, -0.2) is 0 Å². The topological polar surface area (TPSA) is 0 Å². The van der Waals surface area contributed by atoms with Gasteiger partial charge in [-0.15, -0.1) is 0 Å². The number of benzene rings is 7. The Morgan fingerprint density at radius 2 is 1.13 bits per heavy atom. The first-order valence-electron chi connectivity index (χ1n) is 15.6. The minimum atomic E-state index is 0.862. The highest BCUT2D eigenvalue weighted by molar-refractivity contribution is 6.08. The van der Waals surface area contributed by atoms with E-state index in [4.69, 9.17) is 0 Å². The van der Waals surface area contributed by atoms with Crippen molar-refractivity contribution in [1.82, 2.24) is 0 Å². The molecule has 0 atom stereocenters. The predicted octanol–water partition coefficient (Wildman–Crippen LogP) is 12.2. The molecule has 0 saturated heterocycles. The van der Waals surface area contributed by atoms with Gasteiger partial charge in [-0.3, -0.25) is 0 Å². The molecule has 0 heteroatoms. The largest absolute Gasteiger partial charge is 0.0991 e. The summed E-state index contributed by atoms with van der Waals surface area (Å²) in [7, 11) is 0. The molecule has 8 rings (SSSR count). The van der Waals surface area contributed by atoms with Crippen LogP contribution < -0.4 is 0 Å². The van der Waals surface area contributed by atoms with Crippen LogP contribution in [-0.2, 0) is 6.42 Å². The third-order valence-electron chi connectivity index (χ3n) is 9.09. The van der Waals surface area contributed by atoms with E-state index in [1.165, 1.54) is 82.4 Å². The second-order valence-corrected chi connectivity index (χ2v) is 11.8. The number of hydrogen-bond donors (Lipinski definition) is 0. The Balaban J connectivity index is 1.27. The minimum Gasteiger partial charge on any atom is -0.0991 e.